The number of benzene rings is 2. The Hall–Kier alpha value is -3.18. The van der Waals surface area contributed by atoms with E-state index in [1.807, 2.05) is 60.7 Å². The molecule has 3 rings (SSSR count). The quantitative estimate of drug-likeness (QED) is 0.714. The van der Waals surface area contributed by atoms with Crippen LogP contribution in [0.15, 0.2) is 73.1 Å². The Kier molecular flexibility index (Phi) is 5.61. The van der Waals surface area contributed by atoms with Crippen molar-refractivity contribution in [2.24, 2.45) is 0 Å². The number of nitrogens with zero attached hydrogens (tertiary/aromatic N) is 1. The van der Waals surface area contributed by atoms with Gasteiger partial charge in [-0.05, 0) is 60.1 Å². The molecule has 5 heteroatoms. The summed E-state index contributed by atoms with van der Waals surface area (Å²) in [5.41, 5.74) is 3.79. The highest BCUT2D eigenvalue weighted by atomic mass is 16.5. The number of carbonyl (C=O) groups excluding carboxylic acids is 1. The minimum Gasteiger partial charge on any atom is -0.497 e. The molecule has 2 aromatic carbocycles. The fourth-order valence-corrected chi connectivity index (χ4v) is 2.75. The van der Waals surface area contributed by atoms with Crippen LogP contribution in [0.3, 0.4) is 0 Å². The molecule has 0 saturated carbocycles. The van der Waals surface area contributed by atoms with Gasteiger partial charge in [0.1, 0.15) is 11.8 Å². The second-order valence-corrected chi connectivity index (χ2v) is 5.80. The molecule has 1 aromatic heterocycles. The van der Waals surface area contributed by atoms with E-state index in [1.165, 1.54) is 0 Å². The van der Waals surface area contributed by atoms with E-state index in [1.54, 1.807) is 26.6 Å². The van der Waals surface area contributed by atoms with Gasteiger partial charge in [-0.2, -0.15) is 0 Å². The van der Waals surface area contributed by atoms with Crippen LogP contribution in [0.1, 0.15) is 11.6 Å². The lowest BCUT2D eigenvalue weighted by Crippen LogP contribution is -2.30. The molecule has 0 aliphatic rings. The molecule has 3 aromatic rings. The van der Waals surface area contributed by atoms with E-state index in [9.17, 15) is 4.79 Å². The molecular formula is C21H21N3O2. The molecule has 2 N–H and O–H groups in total. The van der Waals surface area contributed by atoms with Crippen molar-refractivity contribution in [3.8, 4) is 16.9 Å². The standard InChI is InChI=1S/C21H21N3O2/c1-22-20(17-5-9-19(26-2)10-6-17)21(25)24-18-7-3-15(4-8-18)16-11-13-23-14-12-16/h3-14,20,22H,1-2H3,(H,24,25). The average molecular weight is 347 g/mol. The summed E-state index contributed by atoms with van der Waals surface area (Å²) in [5.74, 6) is 0.644. The highest BCUT2D eigenvalue weighted by Crippen LogP contribution is 2.22. The molecule has 1 amide bonds. The SMILES string of the molecule is CNC(C(=O)Nc1ccc(-c2ccncc2)cc1)c1ccc(OC)cc1. The van der Waals surface area contributed by atoms with Crippen molar-refractivity contribution >= 4 is 11.6 Å². The summed E-state index contributed by atoms with van der Waals surface area (Å²) < 4.78 is 5.16. The van der Waals surface area contributed by atoms with Crippen LogP contribution in [0.2, 0.25) is 0 Å². The van der Waals surface area contributed by atoms with Gasteiger partial charge in [-0.15, -0.1) is 0 Å². The third kappa shape index (κ3) is 4.07. The van der Waals surface area contributed by atoms with Crippen molar-refractivity contribution in [2.75, 3.05) is 19.5 Å². The first-order valence-electron chi connectivity index (χ1n) is 8.34. The van der Waals surface area contributed by atoms with Crippen LogP contribution in [0.25, 0.3) is 11.1 Å². The molecule has 5 nitrogen and oxygen atoms in total. The molecule has 0 bridgehead atoms. The minimum atomic E-state index is -0.444. The van der Waals surface area contributed by atoms with Crippen LogP contribution in [0.4, 0.5) is 5.69 Å². The van der Waals surface area contributed by atoms with Gasteiger partial charge in [0.25, 0.3) is 0 Å². The number of rotatable bonds is 6. The third-order valence-electron chi connectivity index (χ3n) is 4.17. The number of pyridine rings is 1. The zero-order chi connectivity index (χ0) is 18.4. The number of anilines is 1. The maximum atomic E-state index is 12.6. The van der Waals surface area contributed by atoms with E-state index in [4.69, 9.17) is 4.74 Å². The summed E-state index contributed by atoms with van der Waals surface area (Å²) in [6.07, 6.45) is 3.52. The van der Waals surface area contributed by atoms with Gasteiger partial charge in [0, 0.05) is 18.1 Å². The van der Waals surface area contributed by atoms with Gasteiger partial charge in [-0.1, -0.05) is 24.3 Å². The fraction of sp³-hybridized carbons (Fsp3) is 0.143. The fourth-order valence-electron chi connectivity index (χ4n) is 2.75. The maximum Gasteiger partial charge on any atom is 0.246 e. The monoisotopic (exact) mass is 347 g/mol. The van der Waals surface area contributed by atoms with Crippen molar-refractivity contribution in [3.05, 3.63) is 78.6 Å². The maximum absolute atomic E-state index is 12.6. The first-order valence-corrected chi connectivity index (χ1v) is 8.34. The number of carbonyl (C=O) groups is 1. The number of likely N-dealkylation sites (N-methyl/N-ethyl adjacent to an activating group) is 1. The summed E-state index contributed by atoms with van der Waals surface area (Å²) in [6.45, 7) is 0. The minimum absolute atomic E-state index is 0.116. The smallest absolute Gasteiger partial charge is 0.246 e. The number of methoxy groups -OCH3 is 1. The summed E-state index contributed by atoms with van der Waals surface area (Å²) in [6, 6.07) is 18.7. The third-order valence-corrected chi connectivity index (χ3v) is 4.17. The van der Waals surface area contributed by atoms with Crippen molar-refractivity contribution in [1.29, 1.82) is 0 Å². The van der Waals surface area contributed by atoms with Crippen molar-refractivity contribution in [2.45, 2.75) is 6.04 Å². The molecule has 0 spiro atoms. The van der Waals surface area contributed by atoms with Gasteiger partial charge in [0.2, 0.25) is 5.91 Å². The van der Waals surface area contributed by atoms with Gasteiger partial charge in [-0.25, -0.2) is 0 Å². The Balaban J connectivity index is 1.71. The molecule has 1 atom stereocenters. The van der Waals surface area contributed by atoms with Crippen LogP contribution >= 0.6 is 0 Å². The number of amides is 1. The number of nitrogens with one attached hydrogen (secondary N) is 2. The van der Waals surface area contributed by atoms with E-state index in [2.05, 4.69) is 15.6 Å². The van der Waals surface area contributed by atoms with Crippen LogP contribution < -0.4 is 15.4 Å². The topological polar surface area (TPSA) is 63.2 Å². The number of ether oxygens (including phenoxy) is 1. The lowest BCUT2D eigenvalue weighted by molar-refractivity contribution is -0.118. The molecule has 1 unspecified atom stereocenters. The van der Waals surface area contributed by atoms with E-state index in [-0.39, 0.29) is 5.91 Å². The van der Waals surface area contributed by atoms with Crippen LogP contribution in [-0.2, 0) is 4.79 Å². The van der Waals surface area contributed by atoms with Gasteiger partial charge in [-0.3, -0.25) is 9.78 Å². The highest BCUT2D eigenvalue weighted by Gasteiger charge is 2.18. The van der Waals surface area contributed by atoms with E-state index >= 15 is 0 Å². The van der Waals surface area contributed by atoms with E-state index < -0.39 is 6.04 Å². The second kappa shape index (κ2) is 8.27. The highest BCUT2D eigenvalue weighted by molar-refractivity contribution is 5.95. The summed E-state index contributed by atoms with van der Waals surface area (Å²) in [4.78, 5) is 16.7. The molecule has 1 heterocycles. The Bertz CT molecular complexity index is 847. The summed E-state index contributed by atoms with van der Waals surface area (Å²) in [5, 5.41) is 6.01. The molecule has 132 valence electrons. The largest absolute Gasteiger partial charge is 0.497 e. The molecular weight excluding hydrogens is 326 g/mol. The zero-order valence-electron chi connectivity index (χ0n) is 14.8. The molecule has 26 heavy (non-hydrogen) atoms. The number of hydrogen-bond donors (Lipinski definition) is 2. The van der Waals surface area contributed by atoms with Crippen LogP contribution in [0, 0.1) is 0 Å². The van der Waals surface area contributed by atoms with Crippen LogP contribution in [0.5, 0.6) is 5.75 Å². The lowest BCUT2D eigenvalue weighted by atomic mass is 10.1. The van der Waals surface area contributed by atoms with Crippen LogP contribution in [-0.4, -0.2) is 25.0 Å². The Morgan fingerprint density at radius 2 is 1.54 bits per heavy atom. The van der Waals surface area contributed by atoms with Crippen molar-refractivity contribution < 1.29 is 9.53 Å². The summed E-state index contributed by atoms with van der Waals surface area (Å²) in [7, 11) is 3.38. The first-order chi connectivity index (χ1) is 12.7. The van der Waals surface area contributed by atoms with Gasteiger partial charge in [0.15, 0.2) is 0 Å². The predicted molar refractivity (Wildman–Crippen MR) is 103 cm³/mol. The molecule has 0 aliphatic carbocycles. The molecule has 0 radical (unpaired) electrons. The molecule has 0 saturated heterocycles. The second-order valence-electron chi connectivity index (χ2n) is 5.80. The van der Waals surface area contributed by atoms with Gasteiger partial charge >= 0.3 is 0 Å². The Morgan fingerprint density at radius 3 is 2.12 bits per heavy atom. The average Bonchev–Trinajstić information content (AvgIpc) is 2.70. The Labute approximate surface area is 153 Å². The number of aromatic nitrogens is 1. The van der Waals surface area contributed by atoms with Gasteiger partial charge in [0.05, 0.1) is 7.11 Å². The molecule has 0 fully saturated rings. The normalized spacial score (nSPS) is 11.6. The zero-order valence-corrected chi connectivity index (χ0v) is 14.8. The molecule has 0 aliphatic heterocycles. The van der Waals surface area contributed by atoms with Crippen molar-refractivity contribution in [3.63, 3.8) is 0 Å². The van der Waals surface area contributed by atoms with E-state index in [0.29, 0.717) is 0 Å². The number of hydrogen-bond acceptors (Lipinski definition) is 4. The Morgan fingerprint density at radius 1 is 0.923 bits per heavy atom. The first kappa shape index (κ1) is 17.6. The summed E-state index contributed by atoms with van der Waals surface area (Å²) >= 11 is 0. The van der Waals surface area contributed by atoms with E-state index in [0.717, 1.165) is 28.1 Å². The lowest BCUT2D eigenvalue weighted by Gasteiger charge is -2.17. The van der Waals surface area contributed by atoms with Crippen molar-refractivity contribution in [1.82, 2.24) is 10.3 Å². The predicted octanol–water partition coefficient (Wildman–Crippen LogP) is 3.66. The van der Waals surface area contributed by atoms with Gasteiger partial charge < -0.3 is 15.4 Å².